The lowest BCUT2D eigenvalue weighted by Crippen LogP contribution is -2.70. The Kier molecular flexibility index (Phi) is 24.8. The number of halogens is 1. The van der Waals surface area contributed by atoms with E-state index in [9.17, 15) is 19.5 Å². The van der Waals surface area contributed by atoms with Gasteiger partial charge in [0.2, 0.25) is 11.8 Å². The molecule has 6 aromatic heterocycles. The Morgan fingerprint density at radius 1 is 0.496 bits per heavy atom. The van der Waals surface area contributed by atoms with Crippen LogP contribution >= 0.6 is 46.9 Å². The van der Waals surface area contributed by atoms with Crippen molar-refractivity contribution in [3.8, 4) is 11.5 Å². The van der Waals surface area contributed by atoms with Crippen LogP contribution in [0.1, 0.15) is 84.5 Å². The van der Waals surface area contributed by atoms with Crippen molar-refractivity contribution in [2.24, 2.45) is 0 Å². The van der Waals surface area contributed by atoms with Crippen molar-refractivity contribution in [3.05, 3.63) is 221 Å². The van der Waals surface area contributed by atoms with Crippen molar-refractivity contribution in [1.29, 1.82) is 0 Å². The van der Waals surface area contributed by atoms with Crippen molar-refractivity contribution >= 4 is 134 Å². The smallest absolute Gasteiger partial charge is 0.257 e. The number of β-amino-alcohol motifs (C(OH)–C–C–N with tert-alkyl or cyclic N) is 1. The van der Waals surface area contributed by atoms with Crippen LogP contribution in [0.2, 0.25) is 5.02 Å². The molecule has 0 bridgehead atoms. The number of benzene rings is 6. The van der Waals surface area contributed by atoms with Crippen molar-refractivity contribution in [1.82, 2.24) is 65.4 Å². The molecule has 6 aromatic carbocycles. The van der Waals surface area contributed by atoms with Crippen LogP contribution in [0.15, 0.2) is 218 Å². The number of aliphatic hydroxyl groups is 1. The SMILES string of the molecule is CCC(=O)Nc1ccc(Sc2nc(Nc3cc(C)[nH]n3)cc(N3CC(C)(N4CCOCC4)C3)n2)cc1.CCC(=O)Nc1ccc(Sc2nc(Nc3cc(C)[nH]n3)cc(N3CC(O)(c4ccccc4)C3)n2)cc1.Cc1cc(Nc2cc(N3CCC3)nc(Sc3ccc(NC(=O)c4ccc(Oc5ccccc5)cc4Cl)cc3)n2)n[nH]1.[HH].[HH].[HH].[HH].[HH].[HH].[HH].[HH]. The number of carbonyl (C=O) groups excluding carboxylic acids is 3. The summed E-state index contributed by atoms with van der Waals surface area (Å²) in [5, 5.41) is 53.2. The number of aromatic amines is 3. The van der Waals surface area contributed by atoms with E-state index < -0.39 is 5.60 Å². The summed E-state index contributed by atoms with van der Waals surface area (Å²) < 4.78 is 11.3. The lowest BCUT2D eigenvalue weighted by molar-refractivity contribution is -0.116. The Labute approximate surface area is 683 Å². The molecule has 0 saturated carbocycles. The van der Waals surface area contributed by atoms with Gasteiger partial charge in [0.25, 0.3) is 5.91 Å². The second-order valence-electron chi connectivity index (χ2n) is 27.6. The molecule has 4 saturated heterocycles. The first kappa shape index (κ1) is 78.1. The molecule has 113 heavy (non-hydrogen) atoms. The first-order chi connectivity index (χ1) is 54.8. The van der Waals surface area contributed by atoms with E-state index >= 15 is 0 Å². The van der Waals surface area contributed by atoms with Gasteiger partial charge in [0.05, 0.1) is 42.4 Å². The molecule has 10 N–H and O–H groups in total. The molecule has 12 aromatic rings. The predicted octanol–water partition coefficient (Wildman–Crippen LogP) is 17.4. The Hall–Kier alpha value is -11.6. The third kappa shape index (κ3) is 20.8. The fraction of sp³-hybridized carbons (Fsp3) is 0.259. The van der Waals surface area contributed by atoms with Crippen LogP contribution in [-0.4, -0.2) is 159 Å². The van der Waals surface area contributed by atoms with E-state index in [0.29, 0.717) is 104 Å². The fourth-order valence-electron chi connectivity index (χ4n) is 12.6. The molecular weight excluding hydrogens is 1510 g/mol. The average Bonchev–Trinajstić information content (AvgIpc) is 1.04. The van der Waals surface area contributed by atoms with Crippen LogP contribution in [0.3, 0.4) is 0 Å². The van der Waals surface area contributed by atoms with Gasteiger partial charge in [-0.1, -0.05) is 74.0 Å². The number of morpholine rings is 1. The zero-order chi connectivity index (χ0) is 78.4. The van der Waals surface area contributed by atoms with E-state index in [1.54, 1.807) is 18.2 Å². The van der Waals surface area contributed by atoms with E-state index in [-0.39, 0.29) is 34.7 Å². The van der Waals surface area contributed by atoms with Crippen LogP contribution < -0.4 is 51.3 Å². The molecule has 16 rings (SSSR count). The van der Waals surface area contributed by atoms with Gasteiger partial charge in [-0.2, -0.15) is 15.3 Å². The Morgan fingerprint density at radius 3 is 1.31 bits per heavy atom. The highest BCUT2D eigenvalue weighted by Crippen LogP contribution is 2.40. The summed E-state index contributed by atoms with van der Waals surface area (Å²) in [6.07, 6.45) is 2.03. The molecule has 32 heteroatoms. The summed E-state index contributed by atoms with van der Waals surface area (Å²) in [5.41, 5.74) is 5.50. The van der Waals surface area contributed by atoms with Gasteiger partial charge in [0, 0.05) is 155 Å². The third-order valence-corrected chi connectivity index (χ3v) is 21.6. The number of amides is 3. The van der Waals surface area contributed by atoms with E-state index in [0.717, 1.165) is 125 Å². The lowest BCUT2D eigenvalue weighted by Gasteiger charge is -2.55. The number of nitrogens with one attached hydrogen (secondary N) is 9. The molecular formula is C81H101ClN22O6S3. The highest BCUT2D eigenvalue weighted by Gasteiger charge is 2.45. The predicted molar refractivity (Wildman–Crippen MR) is 461 cm³/mol. The minimum Gasteiger partial charge on any atom is -0.457 e. The molecule has 4 aliphatic rings. The molecule has 0 atom stereocenters. The number of hydrogen-bond acceptors (Lipinski definition) is 25. The standard InChI is InChI=1S/C30H26ClN7O2S.C26H27N7O2S.C25H32N8O2S.8H2/c1-19-16-27(37-36-19)33-26-18-28(38-14-5-15-38)35-30(34-26)41-23-11-8-20(9-12-23)32-29(39)24-13-10-22(17-25(24)31)40-21-6-3-2-4-7-21;1-3-24(34)27-19-9-11-20(12-10-19)36-25-29-21(28-22-13-17(2)31-32-22)14-23(30-25)33-15-26(35,16-33)18-7-5-4-6-8-18;1-4-23(34)26-18-5-7-19(8-6-18)36-24-28-20(27-21-13-17(2)30-31-21)14-22(29-24)32-15-25(3,16-32)33-9-11-35-12-10-33;;;;;;;;/h2-4,6-13,16-18H,5,14-15H2,1H3,(H,32,39)(H2,33,34,35,36,37);4-14,35H,3,15-16H2,1-2H3,(H,27,34)(H2,28,29,30,31,32);5-8,13-14H,4,9-12,15-16H2,1-3H3,(H,26,34)(H2,27,28,29,30,31);8*1H. The topological polar surface area (TPSA) is 338 Å². The largest absolute Gasteiger partial charge is 0.457 e. The third-order valence-electron chi connectivity index (χ3n) is 18.7. The zero-order valence-corrected chi connectivity index (χ0v) is 66.2. The Morgan fingerprint density at radius 2 is 0.912 bits per heavy atom. The second-order valence-corrected chi connectivity index (χ2v) is 31.1. The number of anilines is 12. The number of rotatable bonds is 25. The Balaban J connectivity index is 0.000000273. The van der Waals surface area contributed by atoms with Crippen LogP contribution in [0.5, 0.6) is 11.5 Å². The van der Waals surface area contributed by atoms with Crippen molar-refractivity contribution in [2.45, 2.75) is 102 Å². The van der Waals surface area contributed by atoms with Gasteiger partial charge >= 0.3 is 0 Å². The normalized spacial score (nSPS) is 14.6. The minimum absolute atomic E-state index is 0. The van der Waals surface area contributed by atoms with Gasteiger partial charge in [0.1, 0.15) is 52.0 Å². The van der Waals surface area contributed by atoms with E-state index in [1.165, 1.54) is 35.3 Å². The highest BCUT2D eigenvalue weighted by molar-refractivity contribution is 7.99. The molecule has 0 radical (unpaired) electrons. The lowest BCUT2D eigenvalue weighted by atomic mass is 9.86. The quantitative estimate of drug-likeness (QED) is 0.0238. The van der Waals surface area contributed by atoms with Crippen LogP contribution in [0.4, 0.5) is 69.4 Å². The number of para-hydroxylation sites is 1. The van der Waals surface area contributed by atoms with E-state index in [1.807, 2.05) is 209 Å². The molecule has 4 aliphatic heterocycles. The van der Waals surface area contributed by atoms with E-state index in [4.69, 9.17) is 46.0 Å². The van der Waals surface area contributed by atoms with Crippen molar-refractivity contribution < 1.29 is 40.4 Å². The summed E-state index contributed by atoms with van der Waals surface area (Å²) in [5.74, 6) is 7.44. The number of aryl methyl sites for hydroxylation is 3. The summed E-state index contributed by atoms with van der Waals surface area (Å²) in [6, 6.07) is 58.5. The molecule has 596 valence electrons. The summed E-state index contributed by atoms with van der Waals surface area (Å²) in [6.45, 7) is 20.0. The molecule has 3 amide bonds. The first-order valence-corrected chi connectivity index (χ1v) is 39.8. The number of carbonyl (C=O) groups is 3. The van der Waals surface area contributed by atoms with Gasteiger partial charge in [-0.05, 0) is 172 Å². The monoisotopic (exact) mass is 1610 g/mol. The molecule has 0 unspecified atom stereocenters. The van der Waals surface area contributed by atoms with Crippen LogP contribution in [-0.2, 0) is 19.9 Å². The zero-order valence-electron chi connectivity index (χ0n) is 63.0. The first-order valence-electron chi connectivity index (χ1n) is 37.0. The molecule has 0 spiro atoms. The van der Waals surface area contributed by atoms with Gasteiger partial charge < -0.3 is 61.2 Å². The van der Waals surface area contributed by atoms with Crippen LogP contribution in [0.25, 0.3) is 0 Å². The van der Waals surface area contributed by atoms with Crippen LogP contribution in [0, 0.1) is 20.8 Å². The fourth-order valence-corrected chi connectivity index (χ4v) is 15.1. The van der Waals surface area contributed by atoms with Gasteiger partial charge in [-0.15, -0.1) is 0 Å². The summed E-state index contributed by atoms with van der Waals surface area (Å²) in [4.78, 5) is 76.7. The van der Waals surface area contributed by atoms with Crippen molar-refractivity contribution in [2.75, 3.05) is 112 Å². The maximum Gasteiger partial charge on any atom is 0.257 e. The number of ether oxygens (including phenoxy) is 2. The number of hydrogen-bond donors (Lipinski definition) is 10. The summed E-state index contributed by atoms with van der Waals surface area (Å²) in [7, 11) is 0. The second kappa shape index (κ2) is 35.8. The van der Waals surface area contributed by atoms with Gasteiger partial charge in [0.15, 0.2) is 32.9 Å². The molecule has 28 nitrogen and oxygen atoms in total. The maximum absolute atomic E-state index is 12.9. The number of aromatic nitrogens is 12. The average molecular weight is 1610 g/mol. The Bertz CT molecular complexity index is 5300. The number of nitrogens with zero attached hydrogens (tertiary/aromatic N) is 13. The van der Waals surface area contributed by atoms with E-state index in [2.05, 4.69) is 89.1 Å². The number of H-pyrrole nitrogens is 3. The molecule has 10 heterocycles. The van der Waals surface area contributed by atoms with Gasteiger partial charge in [-0.25, -0.2) is 29.9 Å². The highest BCUT2D eigenvalue weighted by atomic mass is 35.5. The van der Waals surface area contributed by atoms with Crippen molar-refractivity contribution in [3.63, 3.8) is 0 Å². The van der Waals surface area contributed by atoms with Gasteiger partial charge in [-0.3, -0.25) is 34.6 Å². The molecule has 0 aliphatic carbocycles. The maximum atomic E-state index is 12.9. The molecule has 4 fully saturated rings. The summed E-state index contributed by atoms with van der Waals surface area (Å²) >= 11 is 10.8. The minimum atomic E-state index is -0.912.